The van der Waals surface area contributed by atoms with Crippen LogP contribution in [0.2, 0.25) is 0 Å². The molecule has 2 atom stereocenters. The summed E-state index contributed by atoms with van der Waals surface area (Å²) in [5, 5.41) is 9.38. The Kier molecular flexibility index (Phi) is 4.02. The van der Waals surface area contributed by atoms with Gasteiger partial charge in [-0.25, -0.2) is 0 Å². The zero-order valence-electron chi connectivity index (χ0n) is 10.6. The Balaban J connectivity index is 2.03. The van der Waals surface area contributed by atoms with Crippen LogP contribution in [0.25, 0.3) is 0 Å². The Morgan fingerprint density at radius 2 is 2.24 bits per heavy atom. The fraction of sp³-hybridized carbons (Fsp3) is 0.571. The smallest absolute Gasteiger partial charge is 0.122 e. The van der Waals surface area contributed by atoms with Crippen molar-refractivity contribution in [3.05, 3.63) is 29.8 Å². The lowest BCUT2D eigenvalue weighted by atomic mass is 9.92. The Morgan fingerprint density at radius 3 is 3.00 bits per heavy atom. The summed E-state index contributed by atoms with van der Waals surface area (Å²) in [6.07, 6.45) is 0.788. The summed E-state index contributed by atoms with van der Waals surface area (Å²) in [6, 6.07) is 8.27. The number of hydrogen-bond acceptors (Lipinski definition) is 3. The fourth-order valence-electron chi connectivity index (χ4n) is 2.51. The molecule has 0 saturated heterocycles. The lowest BCUT2D eigenvalue weighted by molar-refractivity contribution is 0.133. The summed E-state index contributed by atoms with van der Waals surface area (Å²) in [5.41, 5.74) is 1.30. The molecule has 1 N–H and O–H groups in total. The predicted octanol–water partition coefficient (Wildman–Crippen LogP) is 1.87. The normalized spacial score (nSPS) is 20.8. The van der Waals surface area contributed by atoms with Crippen LogP contribution in [0.15, 0.2) is 24.3 Å². The quantitative estimate of drug-likeness (QED) is 0.864. The number of benzene rings is 1. The van der Waals surface area contributed by atoms with E-state index in [2.05, 4.69) is 24.1 Å². The van der Waals surface area contributed by atoms with Gasteiger partial charge in [0.15, 0.2) is 0 Å². The van der Waals surface area contributed by atoms with Gasteiger partial charge in [-0.1, -0.05) is 18.2 Å². The molecule has 1 aromatic rings. The molecule has 94 valence electrons. The molecule has 2 rings (SSSR count). The van der Waals surface area contributed by atoms with E-state index in [1.165, 1.54) is 5.56 Å². The maximum Gasteiger partial charge on any atom is 0.122 e. The topological polar surface area (TPSA) is 32.7 Å². The second-order valence-electron chi connectivity index (χ2n) is 4.94. The van der Waals surface area contributed by atoms with Gasteiger partial charge in [-0.3, -0.25) is 0 Å². The van der Waals surface area contributed by atoms with E-state index in [-0.39, 0.29) is 6.10 Å². The van der Waals surface area contributed by atoms with Crippen molar-refractivity contribution in [1.29, 1.82) is 0 Å². The third-order valence-corrected chi connectivity index (χ3v) is 3.19. The lowest BCUT2D eigenvalue weighted by Gasteiger charge is -2.29. The van der Waals surface area contributed by atoms with Gasteiger partial charge in [0.25, 0.3) is 0 Å². The summed E-state index contributed by atoms with van der Waals surface area (Å²) >= 11 is 0. The SMILES string of the molecule is CC(O)CN(C)CC1CCOc2ccccc21. The van der Waals surface area contributed by atoms with Gasteiger partial charge in [-0.2, -0.15) is 0 Å². The number of fused-ring (bicyclic) bond motifs is 1. The highest BCUT2D eigenvalue weighted by atomic mass is 16.5. The first-order valence-corrected chi connectivity index (χ1v) is 6.25. The molecular formula is C14H21NO2. The number of nitrogens with zero attached hydrogens (tertiary/aromatic N) is 1. The van der Waals surface area contributed by atoms with Gasteiger partial charge in [0.1, 0.15) is 5.75 Å². The molecule has 2 unspecified atom stereocenters. The fourth-order valence-corrected chi connectivity index (χ4v) is 2.51. The van der Waals surface area contributed by atoms with Crippen LogP contribution in [0.5, 0.6) is 5.75 Å². The Morgan fingerprint density at radius 1 is 1.47 bits per heavy atom. The van der Waals surface area contributed by atoms with Crippen molar-refractivity contribution in [2.24, 2.45) is 0 Å². The number of ether oxygens (including phenoxy) is 1. The minimum Gasteiger partial charge on any atom is -0.493 e. The second-order valence-corrected chi connectivity index (χ2v) is 4.94. The summed E-state index contributed by atoms with van der Waals surface area (Å²) in [4.78, 5) is 2.19. The molecule has 0 spiro atoms. The van der Waals surface area contributed by atoms with Crippen molar-refractivity contribution in [1.82, 2.24) is 4.90 Å². The summed E-state index contributed by atoms with van der Waals surface area (Å²) < 4.78 is 5.65. The van der Waals surface area contributed by atoms with Gasteiger partial charge < -0.3 is 14.7 Å². The van der Waals surface area contributed by atoms with Gasteiger partial charge in [0.2, 0.25) is 0 Å². The summed E-state index contributed by atoms with van der Waals surface area (Å²) in [7, 11) is 2.06. The largest absolute Gasteiger partial charge is 0.493 e. The van der Waals surface area contributed by atoms with Crippen LogP contribution in [0, 0.1) is 0 Å². The van der Waals surface area contributed by atoms with Crippen LogP contribution < -0.4 is 4.74 Å². The van der Waals surface area contributed by atoms with E-state index in [4.69, 9.17) is 4.74 Å². The molecule has 3 nitrogen and oxygen atoms in total. The van der Waals surface area contributed by atoms with Gasteiger partial charge >= 0.3 is 0 Å². The van der Waals surface area contributed by atoms with Crippen molar-refractivity contribution in [3.63, 3.8) is 0 Å². The number of hydrogen-bond donors (Lipinski definition) is 1. The van der Waals surface area contributed by atoms with Gasteiger partial charge in [-0.05, 0) is 32.0 Å². The molecular weight excluding hydrogens is 214 g/mol. The number of aliphatic hydroxyl groups is 1. The van der Waals surface area contributed by atoms with Crippen LogP contribution in [0.3, 0.4) is 0 Å². The zero-order valence-corrected chi connectivity index (χ0v) is 10.6. The van der Waals surface area contributed by atoms with Crippen molar-refractivity contribution >= 4 is 0 Å². The van der Waals surface area contributed by atoms with Crippen molar-refractivity contribution < 1.29 is 9.84 Å². The van der Waals surface area contributed by atoms with Crippen molar-refractivity contribution in [2.45, 2.75) is 25.4 Å². The number of aliphatic hydroxyl groups excluding tert-OH is 1. The van der Waals surface area contributed by atoms with Crippen LogP contribution in [0.1, 0.15) is 24.8 Å². The first-order valence-electron chi connectivity index (χ1n) is 6.25. The van der Waals surface area contributed by atoms with E-state index < -0.39 is 0 Å². The molecule has 0 amide bonds. The molecule has 1 aliphatic heterocycles. The number of likely N-dealkylation sites (N-methyl/N-ethyl adjacent to an activating group) is 1. The van der Waals surface area contributed by atoms with Crippen molar-refractivity contribution in [3.8, 4) is 5.75 Å². The molecule has 0 radical (unpaired) electrons. The molecule has 1 aromatic carbocycles. The number of rotatable bonds is 4. The third-order valence-electron chi connectivity index (χ3n) is 3.19. The number of para-hydroxylation sites is 1. The Labute approximate surface area is 103 Å². The third kappa shape index (κ3) is 3.20. The van der Waals surface area contributed by atoms with Gasteiger partial charge in [0, 0.05) is 19.0 Å². The van der Waals surface area contributed by atoms with Crippen LogP contribution in [0.4, 0.5) is 0 Å². The first-order chi connectivity index (χ1) is 8.16. The van der Waals surface area contributed by atoms with Crippen LogP contribution >= 0.6 is 0 Å². The van der Waals surface area contributed by atoms with Crippen LogP contribution in [-0.2, 0) is 0 Å². The molecule has 0 bridgehead atoms. The summed E-state index contributed by atoms with van der Waals surface area (Å²) in [5.74, 6) is 1.54. The first kappa shape index (κ1) is 12.4. The average molecular weight is 235 g/mol. The molecule has 0 fully saturated rings. The molecule has 17 heavy (non-hydrogen) atoms. The molecule has 1 heterocycles. The second kappa shape index (κ2) is 5.52. The predicted molar refractivity (Wildman–Crippen MR) is 68.5 cm³/mol. The van der Waals surface area contributed by atoms with E-state index >= 15 is 0 Å². The van der Waals surface area contributed by atoms with Gasteiger partial charge in [0.05, 0.1) is 12.7 Å². The highest BCUT2D eigenvalue weighted by Gasteiger charge is 2.22. The molecule has 0 aliphatic carbocycles. The zero-order chi connectivity index (χ0) is 12.3. The summed E-state index contributed by atoms with van der Waals surface area (Å²) in [6.45, 7) is 4.32. The minimum absolute atomic E-state index is 0.268. The van der Waals surface area contributed by atoms with E-state index in [9.17, 15) is 5.11 Å². The van der Waals surface area contributed by atoms with Crippen LogP contribution in [-0.4, -0.2) is 42.9 Å². The van der Waals surface area contributed by atoms with E-state index in [1.54, 1.807) is 0 Å². The standard InChI is InChI=1S/C14H21NO2/c1-11(16)9-15(2)10-12-7-8-17-14-6-4-3-5-13(12)14/h3-6,11-12,16H,7-10H2,1-2H3. The Hall–Kier alpha value is -1.06. The van der Waals surface area contributed by atoms with E-state index in [0.29, 0.717) is 5.92 Å². The minimum atomic E-state index is -0.268. The highest BCUT2D eigenvalue weighted by Crippen LogP contribution is 2.33. The van der Waals surface area contributed by atoms with E-state index in [0.717, 1.165) is 31.9 Å². The van der Waals surface area contributed by atoms with Gasteiger partial charge in [-0.15, -0.1) is 0 Å². The maximum atomic E-state index is 9.38. The van der Waals surface area contributed by atoms with E-state index in [1.807, 2.05) is 19.1 Å². The molecule has 0 aromatic heterocycles. The maximum absolute atomic E-state index is 9.38. The highest BCUT2D eigenvalue weighted by molar-refractivity contribution is 5.37. The molecule has 0 saturated carbocycles. The Bertz CT molecular complexity index is 365. The van der Waals surface area contributed by atoms with Crippen molar-refractivity contribution in [2.75, 3.05) is 26.7 Å². The monoisotopic (exact) mass is 235 g/mol. The lowest BCUT2D eigenvalue weighted by Crippen LogP contribution is -2.32. The molecule has 3 heteroatoms. The molecule has 1 aliphatic rings. The average Bonchev–Trinajstić information content (AvgIpc) is 2.28.